The van der Waals surface area contributed by atoms with Crippen molar-refractivity contribution < 1.29 is 2.85 Å². The standard InChI is InChI=1S/C10H12BrN.Mg.2H/c11-9-3-5-10(6-4-9)12-7-1-2-8-12;;;/h3-6H,1-2,7-8H2;;;/q;+2;2*-1. The molecule has 0 amide bonds. The average Bonchev–Trinajstić information content (AvgIpc) is 2.58. The molecule has 0 atom stereocenters. The minimum atomic E-state index is 0. The monoisotopic (exact) mass is 251 g/mol. The summed E-state index contributed by atoms with van der Waals surface area (Å²) < 4.78 is 1.16. The number of hydrogen-bond donors (Lipinski definition) is 0. The molecule has 0 N–H and O–H groups in total. The molecule has 0 aromatic heterocycles. The summed E-state index contributed by atoms with van der Waals surface area (Å²) in [6, 6.07) is 8.56. The van der Waals surface area contributed by atoms with Gasteiger partial charge in [-0.05, 0) is 37.1 Å². The average molecular weight is 252 g/mol. The fraction of sp³-hybridized carbons (Fsp3) is 0.400. The van der Waals surface area contributed by atoms with Gasteiger partial charge in [0, 0.05) is 23.2 Å². The van der Waals surface area contributed by atoms with Crippen molar-refractivity contribution in [2.24, 2.45) is 0 Å². The van der Waals surface area contributed by atoms with E-state index < -0.39 is 0 Å². The first-order chi connectivity index (χ1) is 5.86. The smallest absolute Gasteiger partial charge is 1.00 e. The van der Waals surface area contributed by atoms with E-state index in [1.807, 2.05) is 0 Å². The van der Waals surface area contributed by atoms with Crippen molar-refractivity contribution >= 4 is 44.7 Å². The summed E-state index contributed by atoms with van der Waals surface area (Å²) in [5.41, 5.74) is 1.36. The molecule has 1 aromatic carbocycles. The molecule has 68 valence electrons. The van der Waals surface area contributed by atoms with E-state index in [0.717, 1.165) is 4.47 Å². The predicted molar refractivity (Wildman–Crippen MR) is 63.6 cm³/mol. The first-order valence-corrected chi connectivity index (χ1v) is 5.16. The fourth-order valence-corrected chi connectivity index (χ4v) is 1.89. The van der Waals surface area contributed by atoms with E-state index in [1.165, 1.54) is 31.6 Å². The van der Waals surface area contributed by atoms with Gasteiger partial charge < -0.3 is 7.75 Å². The summed E-state index contributed by atoms with van der Waals surface area (Å²) >= 11 is 3.44. The Balaban J connectivity index is 0. The van der Waals surface area contributed by atoms with Crippen LogP contribution in [0.1, 0.15) is 15.7 Å². The van der Waals surface area contributed by atoms with Crippen LogP contribution in [0.25, 0.3) is 0 Å². The van der Waals surface area contributed by atoms with Gasteiger partial charge in [0.15, 0.2) is 0 Å². The van der Waals surface area contributed by atoms with Gasteiger partial charge in [-0.1, -0.05) is 15.9 Å². The first-order valence-electron chi connectivity index (χ1n) is 4.37. The molecule has 1 nitrogen and oxygen atoms in total. The Morgan fingerprint density at radius 1 is 1.08 bits per heavy atom. The van der Waals surface area contributed by atoms with Crippen molar-refractivity contribution in [1.82, 2.24) is 0 Å². The van der Waals surface area contributed by atoms with Crippen LogP contribution in [0.15, 0.2) is 28.7 Å². The Labute approximate surface area is 107 Å². The van der Waals surface area contributed by atoms with Crippen molar-refractivity contribution in [1.29, 1.82) is 0 Å². The van der Waals surface area contributed by atoms with Gasteiger partial charge in [-0.2, -0.15) is 0 Å². The minimum Gasteiger partial charge on any atom is -1.00 e. The van der Waals surface area contributed by atoms with E-state index in [2.05, 4.69) is 45.1 Å². The van der Waals surface area contributed by atoms with Gasteiger partial charge in [0.1, 0.15) is 0 Å². The van der Waals surface area contributed by atoms with E-state index in [-0.39, 0.29) is 25.9 Å². The molecular formula is C10H14BrMgN. The second-order valence-electron chi connectivity index (χ2n) is 3.17. The van der Waals surface area contributed by atoms with Crippen molar-refractivity contribution in [2.75, 3.05) is 18.0 Å². The summed E-state index contributed by atoms with van der Waals surface area (Å²) in [6.45, 7) is 2.45. The Morgan fingerprint density at radius 3 is 2.15 bits per heavy atom. The maximum atomic E-state index is 3.44. The summed E-state index contributed by atoms with van der Waals surface area (Å²) in [5, 5.41) is 0. The Bertz CT molecular complexity index is 263. The quantitative estimate of drug-likeness (QED) is 0.695. The largest absolute Gasteiger partial charge is 2.00 e. The molecule has 0 saturated carbocycles. The third kappa shape index (κ3) is 2.86. The topological polar surface area (TPSA) is 3.24 Å². The molecule has 1 aliphatic heterocycles. The number of anilines is 1. The molecule has 1 aliphatic rings. The van der Waals surface area contributed by atoms with Crippen LogP contribution in [0.2, 0.25) is 0 Å². The Morgan fingerprint density at radius 2 is 1.62 bits per heavy atom. The van der Waals surface area contributed by atoms with E-state index in [9.17, 15) is 0 Å². The summed E-state index contributed by atoms with van der Waals surface area (Å²) in [7, 11) is 0. The van der Waals surface area contributed by atoms with E-state index in [4.69, 9.17) is 0 Å². The van der Waals surface area contributed by atoms with Crippen LogP contribution >= 0.6 is 15.9 Å². The molecule has 0 unspecified atom stereocenters. The molecule has 1 saturated heterocycles. The van der Waals surface area contributed by atoms with Gasteiger partial charge in [-0.3, -0.25) is 0 Å². The number of nitrogens with zero attached hydrogens (tertiary/aromatic N) is 1. The molecule has 0 spiro atoms. The number of rotatable bonds is 1. The van der Waals surface area contributed by atoms with E-state index >= 15 is 0 Å². The van der Waals surface area contributed by atoms with Gasteiger partial charge in [0.05, 0.1) is 0 Å². The third-order valence-electron chi connectivity index (χ3n) is 2.30. The van der Waals surface area contributed by atoms with Crippen LogP contribution in [0.3, 0.4) is 0 Å². The molecule has 2 rings (SSSR count). The number of hydrogen-bond acceptors (Lipinski definition) is 1. The second kappa shape index (κ2) is 5.22. The maximum Gasteiger partial charge on any atom is 2.00 e. The number of benzene rings is 1. The van der Waals surface area contributed by atoms with Crippen LogP contribution in [0.5, 0.6) is 0 Å². The van der Waals surface area contributed by atoms with Crippen molar-refractivity contribution in [2.45, 2.75) is 12.8 Å². The summed E-state index contributed by atoms with van der Waals surface area (Å²) in [5.74, 6) is 0. The van der Waals surface area contributed by atoms with Crippen molar-refractivity contribution in [3.05, 3.63) is 28.7 Å². The van der Waals surface area contributed by atoms with Crippen LogP contribution in [0.4, 0.5) is 5.69 Å². The molecular weight excluding hydrogens is 238 g/mol. The molecule has 3 heteroatoms. The maximum absolute atomic E-state index is 3.44. The SMILES string of the molecule is Brc1ccc(N2CCCC2)cc1.[H-].[H-].[Mg+2]. The molecule has 1 heterocycles. The second-order valence-corrected chi connectivity index (χ2v) is 4.09. The Kier molecular flexibility index (Phi) is 4.56. The normalized spacial score (nSPS) is 15.6. The Hall–Kier alpha value is 0.266. The minimum absolute atomic E-state index is 0. The fourth-order valence-electron chi connectivity index (χ4n) is 1.63. The zero-order chi connectivity index (χ0) is 8.39. The van der Waals surface area contributed by atoms with Crippen LogP contribution < -0.4 is 4.90 Å². The molecule has 0 radical (unpaired) electrons. The van der Waals surface area contributed by atoms with Crippen molar-refractivity contribution in [3.63, 3.8) is 0 Å². The number of halogens is 1. The van der Waals surface area contributed by atoms with Crippen LogP contribution in [-0.2, 0) is 0 Å². The zero-order valence-corrected chi connectivity index (χ0v) is 10.7. The molecule has 0 aliphatic carbocycles. The van der Waals surface area contributed by atoms with E-state index in [1.54, 1.807) is 0 Å². The van der Waals surface area contributed by atoms with Gasteiger partial charge in [0.25, 0.3) is 0 Å². The first kappa shape index (κ1) is 11.3. The van der Waals surface area contributed by atoms with E-state index in [0.29, 0.717) is 0 Å². The van der Waals surface area contributed by atoms with Gasteiger partial charge in [-0.15, -0.1) is 0 Å². The molecule has 13 heavy (non-hydrogen) atoms. The predicted octanol–water partition coefficient (Wildman–Crippen LogP) is 2.89. The summed E-state index contributed by atoms with van der Waals surface area (Å²) in [6.07, 6.45) is 2.69. The van der Waals surface area contributed by atoms with Crippen molar-refractivity contribution in [3.8, 4) is 0 Å². The molecule has 0 bridgehead atoms. The third-order valence-corrected chi connectivity index (χ3v) is 2.83. The molecule has 1 aromatic rings. The molecule has 1 fully saturated rings. The van der Waals surface area contributed by atoms with Gasteiger partial charge >= 0.3 is 23.1 Å². The van der Waals surface area contributed by atoms with Gasteiger partial charge in [-0.25, -0.2) is 0 Å². The van der Waals surface area contributed by atoms with Gasteiger partial charge in [0.2, 0.25) is 0 Å². The van der Waals surface area contributed by atoms with Crippen LogP contribution in [0, 0.1) is 0 Å². The summed E-state index contributed by atoms with van der Waals surface area (Å²) in [4.78, 5) is 2.44. The van der Waals surface area contributed by atoms with Crippen LogP contribution in [-0.4, -0.2) is 36.1 Å². The zero-order valence-electron chi connectivity index (χ0n) is 9.67.